The molecule has 0 amide bonds. The van der Waals surface area contributed by atoms with Crippen molar-refractivity contribution in [1.82, 2.24) is 0 Å². The fourth-order valence-electron chi connectivity index (χ4n) is 6.75. The Morgan fingerprint density at radius 1 is 0.885 bits per heavy atom. The Morgan fingerprint density at radius 2 is 1.50 bits per heavy atom. The van der Waals surface area contributed by atoms with Gasteiger partial charge in [-0.05, 0) is 29.6 Å². The van der Waals surface area contributed by atoms with Crippen LogP contribution in [0.4, 0.5) is 0 Å². The van der Waals surface area contributed by atoms with Gasteiger partial charge in [-0.2, -0.15) is 11.8 Å². The molecule has 4 aliphatic rings. The molecule has 0 N–H and O–H groups in total. The zero-order valence-electron chi connectivity index (χ0n) is 17.1. The number of piperidine rings is 1. The molecule has 0 radical (unpaired) electrons. The van der Waals surface area contributed by atoms with Gasteiger partial charge in [-0.1, -0.05) is 71.6 Å². The molecule has 2 saturated carbocycles. The number of rotatable bonds is 1. The molecular formula is C21H37Cl2NSTi-2. The molecule has 26 heavy (non-hydrogen) atoms. The minimum atomic E-state index is -0.556. The molecule has 4 rings (SSSR count). The molecule has 2 heterocycles. The summed E-state index contributed by atoms with van der Waals surface area (Å²) in [5, 5.41) is 6.99. The summed E-state index contributed by atoms with van der Waals surface area (Å²) in [6.45, 7) is 11.3. The molecule has 2 aliphatic heterocycles. The van der Waals surface area contributed by atoms with E-state index in [9.17, 15) is 0 Å². The fourth-order valence-corrected chi connectivity index (χ4v) is 8.99. The van der Waals surface area contributed by atoms with Crippen LogP contribution in [0.3, 0.4) is 0 Å². The minimum absolute atomic E-state index is 0. The van der Waals surface area contributed by atoms with Crippen LogP contribution in [0.2, 0.25) is 0 Å². The number of hydrogen-bond acceptors (Lipinski definition) is 1. The Hall–Kier alpha value is 1.60. The summed E-state index contributed by atoms with van der Waals surface area (Å²) >= 11 is 1.80. The van der Waals surface area contributed by atoms with Gasteiger partial charge >= 0.3 is 35.6 Å². The normalized spacial score (nSPS) is 49.9. The molecule has 0 bridgehead atoms. The van der Waals surface area contributed by atoms with Crippen molar-refractivity contribution >= 4 is 30.4 Å². The molecule has 0 aromatic heterocycles. The van der Waals surface area contributed by atoms with Crippen LogP contribution >= 0.6 is 30.4 Å². The standard InChI is InChI=1S/C20H34NS.CH3.2ClH.Ti/c1-11-12(2)18(20-17(11)13(3)14(4)22-20)16-9-5-7-15-8-6-10-21-19(15)16;;;;/h11-20H,5-10H2,1-4H3;1H3;2*1H;/q2*-1;;;+2/p-2. The Morgan fingerprint density at radius 3 is 2.19 bits per heavy atom. The molecule has 1 nitrogen and oxygen atoms in total. The van der Waals surface area contributed by atoms with Gasteiger partial charge in [-0.3, -0.25) is 0 Å². The van der Waals surface area contributed by atoms with Crippen LogP contribution in [0.15, 0.2) is 0 Å². The van der Waals surface area contributed by atoms with Crippen molar-refractivity contribution in [1.29, 1.82) is 0 Å². The van der Waals surface area contributed by atoms with Crippen molar-refractivity contribution in [3.63, 3.8) is 0 Å². The maximum atomic E-state index is 5.18. The van der Waals surface area contributed by atoms with Crippen molar-refractivity contribution in [2.24, 2.45) is 41.4 Å². The third kappa shape index (κ3) is 4.51. The van der Waals surface area contributed by atoms with Crippen molar-refractivity contribution in [2.45, 2.75) is 76.3 Å². The first-order valence-electron chi connectivity index (χ1n) is 10.3. The molecule has 4 fully saturated rings. The maximum absolute atomic E-state index is 5.18. The average Bonchev–Trinajstić information content (AvgIpc) is 3.02. The number of nitrogens with zero attached hydrogens (tertiary/aromatic N) is 1. The van der Waals surface area contributed by atoms with Crippen LogP contribution in [-0.4, -0.2) is 23.1 Å². The first-order chi connectivity index (χ1) is 12.0. The van der Waals surface area contributed by atoms with Gasteiger partial charge in [0.25, 0.3) is 0 Å². The van der Waals surface area contributed by atoms with Crippen LogP contribution in [0.25, 0.3) is 5.32 Å². The SMILES string of the molecule is CC1SC2C(C1C)C(C)C(C)C2C1CCCC2CCC[N-]C21.[CH3-].[Cl][Ti][Cl]. The zero-order valence-corrected chi connectivity index (χ0v) is 21.0. The third-order valence-electron chi connectivity index (χ3n) is 8.12. The van der Waals surface area contributed by atoms with Gasteiger partial charge in [0, 0.05) is 10.5 Å². The molecule has 152 valence electrons. The Balaban J connectivity index is 0.000000570. The molecule has 10 atom stereocenters. The van der Waals surface area contributed by atoms with Crippen LogP contribution in [0, 0.1) is 48.9 Å². The van der Waals surface area contributed by atoms with E-state index in [1.807, 2.05) is 0 Å². The predicted octanol–water partition coefficient (Wildman–Crippen LogP) is 7.42. The summed E-state index contributed by atoms with van der Waals surface area (Å²) in [4.78, 5) is 0. The van der Waals surface area contributed by atoms with E-state index in [0.29, 0.717) is 0 Å². The zero-order chi connectivity index (χ0) is 18.1. The van der Waals surface area contributed by atoms with Gasteiger partial charge in [0.2, 0.25) is 0 Å². The summed E-state index contributed by atoms with van der Waals surface area (Å²) < 4.78 is 0. The topological polar surface area (TPSA) is 14.1 Å². The second-order valence-corrected chi connectivity index (χ2v) is 13.1. The van der Waals surface area contributed by atoms with Crippen molar-refractivity contribution < 1.29 is 17.0 Å². The van der Waals surface area contributed by atoms with Crippen LogP contribution in [0.1, 0.15) is 59.8 Å². The first-order valence-corrected chi connectivity index (χ1v) is 15.5. The van der Waals surface area contributed by atoms with E-state index < -0.39 is 17.0 Å². The second-order valence-electron chi connectivity index (χ2n) is 9.00. The summed E-state index contributed by atoms with van der Waals surface area (Å²) in [5.74, 6) is 6.53. The molecule has 0 aromatic rings. The van der Waals surface area contributed by atoms with Gasteiger partial charge < -0.3 is 12.7 Å². The summed E-state index contributed by atoms with van der Waals surface area (Å²) in [6.07, 6.45) is 7.25. The molecule has 2 aliphatic carbocycles. The van der Waals surface area contributed by atoms with E-state index in [-0.39, 0.29) is 7.43 Å². The van der Waals surface area contributed by atoms with Gasteiger partial charge in [0.15, 0.2) is 0 Å². The summed E-state index contributed by atoms with van der Waals surface area (Å²) in [7, 11) is 9.78. The van der Waals surface area contributed by atoms with Crippen LogP contribution < -0.4 is 0 Å². The average molecular weight is 454 g/mol. The van der Waals surface area contributed by atoms with Crippen molar-refractivity contribution in [3.8, 4) is 0 Å². The van der Waals surface area contributed by atoms with E-state index in [2.05, 4.69) is 39.5 Å². The molecule has 0 spiro atoms. The quantitative estimate of drug-likeness (QED) is 0.297. The van der Waals surface area contributed by atoms with Crippen LogP contribution in [0.5, 0.6) is 0 Å². The fraction of sp³-hybridized carbons (Fsp3) is 0.952. The van der Waals surface area contributed by atoms with Gasteiger partial charge in [-0.15, -0.1) is 12.6 Å². The number of hydrogen-bond donors (Lipinski definition) is 0. The van der Waals surface area contributed by atoms with Crippen molar-refractivity contribution in [2.75, 3.05) is 6.54 Å². The number of thioether (sulfide) groups is 1. The Bertz CT molecular complexity index is 438. The van der Waals surface area contributed by atoms with Gasteiger partial charge in [-0.25, -0.2) is 0 Å². The predicted molar refractivity (Wildman–Crippen MR) is 116 cm³/mol. The first kappa shape index (κ1) is 23.9. The van der Waals surface area contributed by atoms with Crippen molar-refractivity contribution in [3.05, 3.63) is 12.7 Å². The second kappa shape index (κ2) is 10.6. The molecule has 5 heteroatoms. The van der Waals surface area contributed by atoms with Crippen LogP contribution in [-0.2, 0) is 17.0 Å². The Kier molecular flexibility index (Phi) is 9.72. The summed E-state index contributed by atoms with van der Waals surface area (Å²) in [5.41, 5.74) is 0. The molecule has 2 saturated heterocycles. The van der Waals surface area contributed by atoms with E-state index in [1.165, 1.54) is 32.1 Å². The molecule has 0 aromatic carbocycles. The third-order valence-corrected chi connectivity index (χ3v) is 9.92. The van der Waals surface area contributed by atoms with E-state index in [0.717, 1.165) is 64.5 Å². The molecule has 10 unspecified atom stereocenters. The Labute approximate surface area is 183 Å². The van der Waals surface area contributed by atoms with Gasteiger partial charge in [0.05, 0.1) is 0 Å². The van der Waals surface area contributed by atoms with E-state index in [1.54, 1.807) is 0 Å². The number of halogens is 2. The number of fused-ring (bicyclic) bond motifs is 2. The summed E-state index contributed by atoms with van der Waals surface area (Å²) in [6, 6.07) is 0.729. The molecular weight excluding hydrogens is 417 g/mol. The van der Waals surface area contributed by atoms with Gasteiger partial charge in [0.1, 0.15) is 0 Å². The van der Waals surface area contributed by atoms with E-state index in [4.69, 9.17) is 23.9 Å². The van der Waals surface area contributed by atoms with E-state index >= 15 is 0 Å². The monoisotopic (exact) mass is 453 g/mol.